The molecule has 6 heteroatoms. The van der Waals surface area contributed by atoms with Gasteiger partial charge in [0, 0.05) is 19.3 Å². The number of likely N-dealkylation sites (tertiary alicyclic amines) is 1. The molecule has 1 heterocycles. The summed E-state index contributed by atoms with van der Waals surface area (Å²) in [5.41, 5.74) is 0. The number of ether oxygens (including phenoxy) is 1. The largest absolute Gasteiger partial charge is 0.446 e. The highest BCUT2D eigenvalue weighted by atomic mass is 32.2. The van der Waals surface area contributed by atoms with Crippen LogP contribution in [-0.2, 0) is 14.6 Å². The van der Waals surface area contributed by atoms with E-state index in [0.29, 0.717) is 0 Å². The molecule has 0 radical (unpaired) electrons. The van der Waals surface area contributed by atoms with Gasteiger partial charge < -0.3 is 9.64 Å². The number of hydrogen-bond donors (Lipinski definition) is 0. The number of amides is 1. The van der Waals surface area contributed by atoms with Crippen molar-refractivity contribution in [2.45, 2.75) is 43.5 Å². The summed E-state index contributed by atoms with van der Waals surface area (Å²) in [5, 5.41) is -0.401. The van der Waals surface area contributed by atoms with E-state index in [-0.39, 0.29) is 25.3 Å². The first-order chi connectivity index (χ1) is 7.97. The van der Waals surface area contributed by atoms with Gasteiger partial charge in [0.1, 0.15) is 6.10 Å². The predicted octanol–water partition coefficient (Wildman–Crippen LogP) is 1.18. The van der Waals surface area contributed by atoms with Crippen LogP contribution in [0.3, 0.4) is 0 Å². The molecule has 1 aliphatic carbocycles. The van der Waals surface area contributed by atoms with E-state index in [9.17, 15) is 13.2 Å². The molecule has 0 atom stereocenters. The molecule has 1 aliphatic heterocycles. The lowest BCUT2D eigenvalue weighted by Crippen LogP contribution is -2.57. The minimum Gasteiger partial charge on any atom is -0.446 e. The number of carbonyl (C=O) groups excluding carboxylic acids is 1. The summed E-state index contributed by atoms with van der Waals surface area (Å²) in [5.74, 6) is 0. The molecule has 1 amide bonds. The molecule has 0 aromatic rings. The van der Waals surface area contributed by atoms with Gasteiger partial charge in [0.2, 0.25) is 0 Å². The zero-order valence-electron chi connectivity index (χ0n) is 10.1. The fourth-order valence-corrected chi connectivity index (χ4v) is 3.16. The van der Waals surface area contributed by atoms with Crippen molar-refractivity contribution in [2.75, 3.05) is 19.3 Å². The van der Waals surface area contributed by atoms with Crippen molar-refractivity contribution in [3.05, 3.63) is 0 Å². The Kier molecular flexibility index (Phi) is 3.61. The zero-order chi connectivity index (χ0) is 12.5. The van der Waals surface area contributed by atoms with Crippen molar-refractivity contribution >= 4 is 15.9 Å². The van der Waals surface area contributed by atoms with E-state index in [1.165, 1.54) is 17.6 Å². The van der Waals surface area contributed by atoms with Crippen molar-refractivity contribution in [1.82, 2.24) is 4.90 Å². The molecular weight excluding hydrogens is 242 g/mol. The van der Waals surface area contributed by atoms with Gasteiger partial charge in [0.15, 0.2) is 9.84 Å². The van der Waals surface area contributed by atoms with Gasteiger partial charge in [-0.1, -0.05) is 6.42 Å². The maximum Gasteiger partial charge on any atom is 0.410 e. The Balaban J connectivity index is 1.75. The lowest BCUT2D eigenvalue weighted by atomic mass is 9.98. The number of sulfone groups is 1. The van der Waals surface area contributed by atoms with E-state index in [1.54, 1.807) is 0 Å². The van der Waals surface area contributed by atoms with E-state index in [0.717, 1.165) is 25.7 Å². The molecule has 2 aliphatic rings. The maximum atomic E-state index is 11.7. The fourth-order valence-electron chi connectivity index (χ4n) is 2.26. The normalized spacial score (nSPS) is 23.2. The molecule has 0 unspecified atom stereocenters. The van der Waals surface area contributed by atoms with Crippen LogP contribution in [0.4, 0.5) is 4.79 Å². The van der Waals surface area contributed by atoms with Crippen LogP contribution in [0, 0.1) is 0 Å². The quantitative estimate of drug-likeness (QED) is 0.749. The Morgan fingerprint density at radius 1 is 1.18 bits per heavy atom. The summed E-state index contributed by atoms with van der Waals surface area (Å²) in [6.45, 7) is 0.564. The Bertz CT molecular complexity index is 380. The summed E-state index contributed by atoms with van der Waals surface area (Å²) >= 11 is 0. The van der Waals surface area contributed by atoms with Crippen LogP contribution in [0.15, 0.2) is 0 Å². The number of carbonyl (C=O) groups is 1. The summed E-state index contributed by atoms with van der Waals surface area (Å²) in [7, 11) is -3.02. The maximum absolute atomic E-state index is 11.7. The van der Waals surface area contributed by atoms with Crippen LogP contribution in [0.2, 0.25) is 0 Å². The van der Waals surface area contributed by atoms with Gasteiger partial charge in [-0.15, -0.1) is 0 Å². The molecule has 0 aromatic heterocycles. The van der Waals surface area contributed by atoms with Crippen molar-refractivity contribution in [3.8, 4) is 0 Å². The molecule has 1 saturated heterocycles. The van der Waals surface area contributed by atoms with E-state index in [2.05, 4.69) is 0 Å². The molecule has 0 aromatic carbocycles. The van der Waals surface area contributed by atoms with E-state index in [4.69, 9.17) is 4.74 Å². The van der Waals surface area contributed by atoms with Crippen LogP contribution in [0.1, 0.15) is 32.1 Å². The lowest BCUT2D eigenvalue weighted by Gasteiger charge is -2.38. The summed E-state index contributed by atoms with van der Waals surface area (Å²) in [4.78, 5) is 13.1. The molecule has 98 valence electrons. The summed E-state index contributed by atoms with van der Waals surface area (Å²) in [6, 6.07) is 0. The highest BCUT2D eigenvalue weighted by molar-refractivity contribution is 7.91. The Labute approximate surface area is 102 Å². The Hall–Kier alpha value is -0.780. The second-order valence-electron chi connectivity index (χ2n) is 5.00. The first-order valence-corrected chi connectivity index (χ1v) is 8.06. The molecule has 5 nitrogen and oxygen atoms in total. The van der Waals surface area contributed by atoms with Crippen molar-refractivity contribution in [3.63, 3.8) is 0 Å². The second-order valence-corrected chi connectivity index (χ2v) is 7.33. The van der Waals surface area contributed by atoms with Crippen LogP contribution >= 0.6 is 0 Å². The first kappa shape index (κ1) is 12.7. The average Bonchev–Trinajstić information content (AvgIpc) is 2.14. The van der Waals surface area contributed by atoms with Gasteiger partial charge in [0.25, 0.3) is 0 Å². The molecule has 0 N–H and O–H groups in total. The van der Waals surface area contributed by atoms with Gasteiger partial charge in [-0.2, -0.15) is 0 Å². The molecule has 1 saturated carbocycles. The molecule has 0 spiro atoms. The average molecular weight is 261 g/mol. The van der Waals surface area contributed by atoms with Gasteiger partial charge in [-0.05, 0) is 25.7 Å². The van der Waals surface area contributed by atoms with Crippen molar-refractivity contribution in [2.24, 2.45) is 0 Å². The third kappa shape index (κ3) is 3.12. The molecule has 17 heavy (non-hydrogen) atoms. The third-order valence-electron chi connectivity index (χ3n) is 3.53. The molecule has 2 rings (SSSR count). The SMILES string of the molecule is CS(=O)(=O)C1CN(C(=O)OC2CCCCC2)C1. The highest BCUT2D eigenvalue weighted by Crippen LogP contribution is 2.23. The topological polar surface area (TPSA) is 63.7 Å². The minimum absolute atomic E-state index is 0.0357. The minimum atomic E-state index is -3.02. The van der Waals surface area contributed by atoms with Crippen LogP contribution < -0.4 is 0 Å². The number of nitrogens with zero attached hydrogens (tertiary/aromatic N) is 1. The smallest absolute Gasteiger partial charge is 0.410 e. The number of rotatable bonds is 2. The highest BCUT2D eigenvalue weighted by Gasteiger charge is 2.38. The van der Waals surface area contributed by atoms with Crippen molar-refractivity contribution in [1.29, 1.82) is 0 Å². The molecule has 0 bridgehead atoms. The van der Waals surface area contributed by atoms with Gasteiger partial charge in [0.05, 0.1) is 5.25 Å². The zero-order valence-corrected chi connectivity index (χ0v) is 10.9. The lowest BCUT2D eigenvalue weighted by molar-refractivity contribution is 0.0333. The first-order valence-electron chi connectivity index (χ1n) is 6.11. The van der Waals surface area contributed by atoms with E-state index >= 15 is 0 Å². The predicted molar refractivity (Wildman–Crippen MR) is 63.6 cm³/mol. The van der Waals surface area contributed by atoms with Crippen molar-refractivity contribution < 1.29 is 17.9 Å². The van der Waals surface area contributed by atoms with Gasteiger partial charge in [-0.25, -0.2) is 13.2 Å². The fraction of sp³-hybridized carbons (Fsp3) is 0.909. The van der Waals surface area contributed by atoms with E-state index < -0.39 is 15.1 Å². The number of hydrogen-bond acceptors (Lipinski definition) is 4. The second kappa shape index (κ2) is 4.84. The van der Waals surface area contributed by atoms with Gasteiger partial charge in [-0.3, -0.25) is 0 Å². The standard InChI is InChI=1S/C11H19NO4S/c1-17(14,15)10-7-12(8-10)11(13)16-9-5-3-2-4-6-9/h9-10H,2-8H2,1H3. The molecule has 2 fully saturated rings. The Morgan fingerprint density at radius 3 is 2.29 bits per heavy atom. The monoisotopic (exact) mass is 261 g/mol. The van der Waals surface area contributed by atoms with Crippen LogP contribution in [0.25, 0.3) is 0 Å². The van der Waals surface area contributed by atoms with Crippen LogP contribution in [-0.4, -0.2) is 50.1 Å². The third-order valence-corrected chi connectivity index (χ3v) is 5.04. The summed E-state index contributed by atoms with van der Waals surface area (Å²) in [6.07, 6.45) is 6.22. The summed E-state index contributed by atoms with van der Waals surface area (Å²) < 4.78 is 27.7. The van der Waals surface area contributed by atoms with E-state index in [1.807, 2.05) is 0 Å². The van der Waals surface area contributed by atoms with Gasteiger partial charge >= 0.3 is 6.09 Å². The van der Waals surface area contributed by atoms with Crippen LogP contribution in [0.5, 0.6) is 0 Å². The molecular formula is C11H19NO4S. The Morgan fingerprint density at radius 2 is 1.76 bits per heavy atom.